The van der Waals surface area contributed by atoms with E-state index >= 15 is 0 Å². The summed E-state index contributed by atoms with van der Waals surface area (Å²) in [5.74, 6) is 0. The van der Waals surface area contributed by atoms with E-state index in [1.54, 1.807) is 0 Å². The number of alkyl halides is 1. The second-order valence-electron chi connectivity index (χ2n) is 5.81. The van der Waals surface area contributed by atoms with Gasteiger partial charge in [0.15, 0.2) is 0 Å². The predicted molar refractivity (Wildman–Crippen MR) is 95.0 cm³/mol. The number of rotatable bonds is 3. The minimum atomic E-state index is 0.114. The highest BCUT2D eigenvalue weighted by Crippen LogP contribution is 2.43. The standard InChI is InChI=1S/C18H17BrCl2/c19-12-18(11-14-6-3-9-16(20)17(14)21)10-4-7-13-5-1-2-8-15(13)18/h1-3,5-6,8-9H,4,7,10-12H2. The molecule has 0 heterocycles. The van der Waals surface area contributed by atoms with E-state index in [1.807, 2.05) is 12.1 Å². The molecule has 21 heavy (non-hydrogen) atoms. The average molecular weight is 384 g/mol. The first-order chi connectivity index (χ1) is 10.2. The molecule has 3 rings (SSSR count). The van der Waals surface area contributed by atoms with Crippen molar-refractivity contribution in [2.45, 2.75) is 31.1 Å². The molecule has 3 heteroatoms. The molecule has 2 aromatic rings. The highest BCUT2D eigenvalue weighted by molar-refractivity contribution is 9.09. The number of aryl methyl sites for hydroxylation is 1. The third-order valence-electron chi connectivity index (χ3n) is 4.51. The molecule has 0 saturated heterocycles. The summed E-state index contributed by atoms with van der Waals surface area (Å²) in [7, 11) is 0. The summed E-state index contributed by atoms with van der Waals surface area (Å²) in [6.45, 7) is 0. The summed E-state index contributed by atoms with van der Waals surface area (Å²) in [5, 5.41) is 2.28. The van der Waals surface area contributed by atoms with Crippen molar-refractivity contribution in [3.63, 3.8) is 0 Å². The second kappa shape index (κ2) is 6.32. The molecule has 2 aromatic carbocycles. The topological polar surface area (TPSA) is 0 Å². The minimum absolute atomic E-state index is 0.114. The zero-order chi connectivity index (χ0) is 14.9. The van der Waals surface area contributed by atoms with Gasteiger partial charge in [0, 0.05) is 10.7 Å². The molecule has 0 saturated carbocycles. The first-order valence-corrected chi connectivity index (χ1v) is 9.11. The third kappa shape index (κ3) is 2.88. The van der Waals surface area contributed by atoms with Crippen LogP contribution >= 0.6 is 39.1 Å². The van der Waals surface area contributed by atoms with Gasteiger partial charge in [-0.25, -0.2) is 0 Å². The van der Waals surface area contributed by atoms with E-state index in [-0.39, 0.29) is 5.41 Å². The second-order valence-corrected chi connectivity index (χ2v) is 7.16. The maximum absolute atomic E-state index is 6.41. The minimum Gasteiger partial charge on any atom is -0.0918 e. The molecule has 0 nitrogen and oxygen atoms in total. The number of benzene rings is 2. The van der Waals surface area contributed by atoms with Gasteiger partial charge in [0.25, 0.3) is 0 Å². The molecule has 0 aromatic heterocycles. The van der Waals surface area contributed by atoms with Crippen molar-refractivity contribution in [2.75, 3.05) is 5.33 Å². The van der Waals surface area contributed by atoms with Crippen molar-refractivity contribution in [3.8, 4) is 0 Å². The Hall–Kier alpha value is -0.500. The predicted octanol–water partition coefficient (Wildman–Crippen LogP) is 6.21. The fraction of sp³-hybridized carbons (Fsp3) is 0.333. The van der Waals surface area contributed by atoms with E-state index < -0.39 is 0 Å². The summed E-state index contributed by atoms with van der Waals surface area (Å²) in [5.41, 5.74) is 4.19. The molecule has 0 bridgehead atoms. The van der Waals surface area contributed by atoms with Gasteiger partial charge in [-0.2, -0.15) is 0 Å². The Kier molecular flexibility index (Phi) is 4.63. The molecule has 1 unspecified atom stereocenters. The molecule has 1 atom stereocenters. The maximum atomic E-state index is 6.41. The van der Waals surface area contributed by atoms with Gasteiger partial charge in [-0.1, -0.05) is 75.5 Å². The smallest absolute Gasteiger partial charge is 0.0624 e. The molecule has 0 aliphatic heterocycles. The van der Waals surface area contributed by atoms with Crippen LogP contribution in [0.1, 0.15) is 29.5 Å². The van der Waals surface area contributed by atoms with Gasteiger partial charge in [-0.15, -0.1) is 0 Å². The van der Waals surface area contributed by atoms with E-state index in [2.05, 4.69) is 46.3 Å². The highest BCUT2D eigenvalue weighted by atomic mass is 79.9. The molecular weight excluding hydrogens is 367 g/mol. The Bertz CT molecular complexity index is 653. The van der Waals surface area contributed by atoms with Crippen LogP contribution in [0.25, 0.3) is 0 Å². The number of halogens is 3. The van der Waals surface area contributed by atoms with E-state index in [4.69, 9.17) is 23.2 Å². The average Bonchev–Trinajstić information content (AvgIpc) is 2.52. The fourth-order valence-corrected chi connectivity index (χ4v) is 4.59. The lowest BCUT2D eigenvalue weighted by atomic mass is 9.68. The maximum Gasteiger partial charge on any atom is 0.0624 e. The van der Waals surface area contributed by atoms with Crippen LogP contribution in [0.15, 0.2) is 42.5 Å². The summed E-state index contributed by atoms with van der Waals surface area (Å²) in [4.78, 5) is 0. The summed E-state index contributed by atoms with van der Waals surface area (Å²) < 4.78 is 0. The van der Waals surface area contributed by atoms with Crippen LogP contribution in [-0.2, 0) is 18.3 Å². The molecule has 110 valence electrons. The summed E-state index contributed by atoms with van der Waals surface area (Å²) in [6, 6.07) is 14.7. The molecule has 0 fully saturated rings. The van der Waals surface area contributed by atoms with Gasteiger partial charge in [-0.05, 0) is 48.4 Å². The fourth-order valence-electron chi connectivity index (χ4n) is 3.43. The molecule has 0 radical (unpaired) electrons. The molecule has 0 amide bonds. The number of hydrogen-bond acceptors (Lipinski definition) is 0. The Morgan fingerprint density at radius 1 is 1.05 bits per heavy atom. The number of fused-ring (bicyclic) bond motifs is 1. The van der Waals surface area contributed by atoms with Gasteiger partial charge < -0.3 is 0 Å². The van der Waals surface area contributed by atoms with Crippen LogP contribution in [0.3, 0.4) is 0 Å². The zero-order valence-corrected chi connectivity index (χ0v) is 14.8. The lowest BCUT2D eigenvalue weighted by molar-refractivity contribution is 0.401. The zero-order valence-electron chi connectivity index (χ0n) is 11.7. The first kappa shape index (κ1) is 15.4. The van der Waals surface area contributed by atoms with Gasteiger partial charge in [0.05, 0.1) is 10.0 Å². The van der Waals surface area contributed by atoms with Crippen LogP contribution in [0.5, 0.6) is 0 Å². The van der Waals surface area contributed by atoms with Gasteiger partial charge >= 0.3 is 0 Å². The quantitative estimate of drug-likeness (QED) is 0.553. The van der Waals surface area contributed by atoms with Crippen molar-refractivity contribution < 1.29 is 0 Å². The molecule has 0 spiro atoms. The first-order valence-electron chi connectivity index (χ1n) is 7.23. The third-order valence-corrected chi connectivity index (χ3v) is 6.44. The monoisotopic (exact) mass is 382 g/mol. The van der Waals surface area contributed by atoms with E-state index in [9.17, 15) is 0 Å². The Morgan fingerprint density at radius 2 is 1.86 bits per heavy atom. The Balaban J connectivity index is 2.04. The lowest BCUT2D eigenvalue weighted by Crippen LogP contribution is -2.35. The van der Waals surface area contributed by atoms with E-state index in [1.165, 1.54) is 30.4 Å². The van der Waals surface area contributed by atoms with Crippen molar-refractivity contribution in [3.05, 3.63) is 69.2 Å². The van der Waals surface area contributed by atoms with Crippen molar-refractivity contribution in [2.24, 2.45) is 0 Å². The van der Waals surface area contributed by atoms with Crippen LogP contribution in [0.2, 0.25) is 10.0 Å². The van der Waals surface area contributed by atoms with Crippen LogP contribution in [-0.4, -0.2) is 5.33 Å². The summed E-state index contributed by atoms with van der Waals surface area (Å²) in [6.07, 6.45) is 4.50. The molecule has 1 aliphatic carbocycles. The van der Waals surface area contributed by atoms with Gasteiger partial charge in [0.2, 0.25) is 0 Å². The molecule has 0 N–H and O–H groups in total. The SMILES string of the molecule is Clc1cccc(CC2(CBr)CCCc3ccccc32)c1Cl. The van der Waals surface area contributed by atoms with Gasteiger partial charge in [0.1, 0.15) is 0 Å². The van der Waals surface area contributed by atoms with E-state index in [0.29, 0.717) is 10.0 Å². The highest BCUT2D eigenvalue weighted by Gasteiger charge is 2.36. The van der Waals surface area contributed by atoms with Crippen LogP contribution in [0.4, 0.5) is 0 Å². The largest absolute Gasteiger partial charge is 0.0918 e. The van der Waals surface area contributed by atoms with Crippen LogP contribution in [0, 0.1) is 0 Å². The Labute approximate surface area is 144 Å². The van der Waals surface area contributed by atoms with Crippen molar-refractivity contribution >= 4 is 39.1 Å². The normalized spacial score (nSPS) is 21.1. The molecular formula is C18H17BrCl2. The van der Waals surface area contributed by atoms with Crippen molar-refractivity contribution in [1.29, 1.82) is 0 Å². The van der Waals surface area contributed by atoms with Crippen LogP contribution < -0.4 is 0 Å². The molecule has 1 aliphatic rings. The summed E-state index contributed by atoms with van der Waals surface area (Å²) >= 11 is 16.4. The van der Waals surface area contributed by atoms with Gasteiger partial charge in [-0.3, -0.25) is 0 Å². The van der Waals surface area contributed by atoms with Crippen molar-refractivity contribution in [1.82, 2.24) is 0 Å². The van der Waals surface area contributed by atoms with E-state index in [0.717, 1.165) is 17.3 Å². The number of hydrogen-bond donors (Lipinski definition) is 0. The Morgan fingerprint density at radius 3 is 2.67 bits per heavy atom. The lowest BCUT2D eigenvalue weighted by Gasteiger charge is -2.38.